The average molecular weight is 260 g/mol. The van der Waals surface area contributed by atoms with Gasteiger partial charge in [0, 0.05) is 12.8 Å². The Labute approximate surface area is 117 Å². The second-order valence-corrected chi connectivity index (χ2v) is 7.35. The van der Waals surface area contributed by atoms with Gasteiger partial charge in [-0.05, 0) is 62.2 Å². The highest BCUT2D eigenvalue weighted by atomic mass is 14.9. The maximum absolute atomic E-state index is 9.25. The summed E-state index contributed by atoms with van der Waals surface area (Å²) in [4.78, 5) is 3.62. The second kappa shape index (κ2) is 6.22. The van der Waals surface area contributed by atoms with E-state index in [1.807, 2.05) is 0 Å². The zero-order valence-corrected chi connectivity index (χ0v) is 12.2. The molecule has 3 aliphatic rings. The van der Waals surface area contributed by atoms with Crippen molar-refractivity contribution in [3.63, 3.8) is 0 Å². The average Bonchev–Trinajstić information content (AvgIpc) is 3.07. The second-order valence-electron chi connectivity index (χ2n) is 7.35. The molecule has 3 saturated carbocycles. The first-order valence-electron chi connectivity index (χ1n) is 8.55. The van der Waals surface area contributed by atoms with Crippen molar-refractivity contribution in [2.45, 2.75) is 77.0 Å². The van der Waals surface area contributed by atoms with Gasteiger partial charge in [0.25, 0.3) is 5.71 Å². The maximum Gasteiger partial charge on any atom is 0.269 e. The van der Waals surface area contributed by atoms with Crippen LogP contribution >= 0.6 is 0 Å². The summed E-state index contributed by atoms with van der Waals surface area (Å²) >= 11 is 0. The van der Waals surface area contributed by atoms with Crippen molar-refractivity contribution >= 4 is 5.71 Å². The van der Waals surface area contributed by atoms with E-state index in [0.29, 0.717) is 0 Å². The number of fused-ring (bicyclic) bond motifs is 2. The summed E-state index contributed by atoms with van der Waals surface area (Å²) in [5, 5.41) is 0. The summed E-state index contributed by atoms with van der Waals surface area (Å²) in [5.41, 5.74) is 10.3. The van der Waals surface area contributed by atoms with Gasteiger partial charge in [-0.15, -0.1) is 0 Å². The van der Waals surface area contributed by atoms with Gasteiger partial charge in [-0.1, -0.05) is 25.7 Å². The predicted octanol–water partition coefficient (Wildman–Crippen LogP) is 4.84. The van der Waals surface area contributed by atoms with Gasteiger partial charge in [-0.2, -0.15) is 4.79 Å². The predicted molar refractivity (Wildman–Crippen MR) is 78.0 cm³/mol. The normalized spacial score (nSPS) is 34.4. The quantitative estimate of drug-likeness (QED) is 0.385. The molecule has 0 aromatic heterocycles. The highest BCUT2D eigenvalue weighted by molar-refractivity contribution is 5.79. The van der Waals surface area contributed by atoms with Crippen molar-refractivity contribution < 1.29 is 4.79 Å². The zero-order valence-electron chi connectivity index (χ0n) is 12.2. The fraction of sp³-hybridized carbons (Fsp3) is 0.941. The van der Waals surface area contributed by atoms with E-state index in [1.165, 1.54) is 64.2 Å². The van der Waals surface area contributed by atoms with Crippen molar-refractivity contribution in [3.05, 3.63) is 5.53 Å². The van der Waals surface area contributed by atoms with E-state index >= 15 is 0 Å². The van der Waals surface area contributed by atoms with Crippen LogP contribution in [0.3, 0.4) is 0 Å². The lowest BCUT2D eigenvalue weighted by Crippen LogP contribution is -2.16. The first-order valence-corrected chi connectivity index (χ1v) is 8.55. The van der Waals surface area contributed by atoms with Crippen LogP contribution in [0.4, 0.5) is 0 Å². The van der Waals surface area contributed by atoms with Crippen molar-refractivity contribution in [3.8, 4) is 0 Å². The van der Waals surface area contributed by atoms with Gasteiger partial charge in [0.15, 0.2) is 0 Å². The standard InChI is InChI=1S/C17H28N2/c18-19-17(12-13-4-2-1-3-5-13)9-8-16-11-14-6-7-15(16)10-14/h13-16H,1-12H2. The van der Waals surface area contributed by atoms with Crippen LogP contribution in [0.15, 0.2) is 0 Å². The number of hydrogen-bond acceptors (Lipinski definition) is 0. The molecule has 2 nitrogen and oxygen atoms in total. The van der Waals surface area contributed by atoms with Crippen LogP contribution in [0.2, 0.25) is 0 Å². The lowest BCUT2D eigenvalue weighted by Gasteiger charge is -2.22. The van der Waals surface area contributed by atoms with Crippen LogP contribution in [0.1, 0.15) is 77.0 Å². The third-order valence-electron chi connectivity index (χ3n) is 6.08. The van der Waals surface area contributed by atoms with Gasteiger partial charge >= 0.3 is 0 Å². The summed E-state index contributed by atoms with van der Waals surface area (Å²) < 4.78 is 0. The Balaban J connectivity index is 1.43. The molecular weight excluding hydrogens is 232 g/mol. The maximum atomic E-state index is 9.25. The Morgan fingerprint density at radius 3 is 2.47 bits per heavy atom. The van der Waals surface area contributed by atoms with Gasteiger partial charge in [-0.25, -0.2) is 0 Å². The van der Waals surface area contributed by atoms with Crippen LogP contribution in [-0.2, 0) is 0 Å². The SMILES string of the molecule is [N-]=[N+]=C(CCC1CC2CCC1C2)CC1CCCCC1. The minimum Gasteiger partial charge on any atom is -0.362 e. The van der Waals surface area contributed by atoms with Crippen molar-refractivity contribution in [2.24, 2.45) is 23.7 Å². The van der Waals surface area contributed by atoms with Crippen LogP contribution < -0.4 is 0 Å². The number of hydrogen-bond donors (Lipinski definition) is 0. The van der Waals surface area contributed by atoms with Gasteiger partial charge in [-0.3, -0.25) is 0 Å². The van der Waals surface area contributed by atoms with E-state index in [4.69, 9.17) is 0 Å². The molecule has 3 atom stereocenters. The van der Waals surface area contributed by atoms with E-state index in [9.17, 15) is 5.53 Å². The Morgan fingerprint density at radius 1 is 1.00 bits per heavy atom. The third kappa shape index (κ3) is 3.28. The molecule has 0 heterocycles. The topological polar surface area (TPSA) is 36.4 Å². The first kappa shape index (κ1) is 13.4. The summed E-state index contributed by atoms with van der Waals surface area (Å²) in [6.45, 7) is 0. The van der Waals surface area contributed by atoms with E-state index in [1.54, 1.807) is 0 Å². The molecule has 3 fully saturated rings. The van der Waals surface area contributed by atoms with Crippen LogP contribution in [0, 0.1) is 23.7 Å². The molecule has 19 heavy (non-hydrogen) atoms. The molecule has 0 aromatic rings. The Kier molecular flexibility index (Phi) is 4.38. The highest BCUT2D eigenvalue weighted by Crippen LogP contribution is 2.49. The molecule has 0 saturated heterocycles. The largest absolute Gasteiger partial charge is 0.362 e. The zero-order chi connectivity index (χ0) is 13.1. The van der Waals surface area contributed by atoms with E-state index in [-0.39, 0.29) is 0 Å². The van der Waals surface area contributed by atoms with Crippen molar-refractivity contribution in [2.75, 3.05) is 0 Å². The molecule has 106 valence electrons. The van der Waals surface area contributed by atoms with Crippen LogP contribution in [0.25, 0.3) is 5.53 Å². The molecule has 0 spiro atoms. The van der Waals surface area contributed by atoms with E-state index < -0.39 is 0 Å². The lowest BCUT2D eigenvalue weighted by atomic mass is 9.82. The smallest absolute Gasteiger partial charge is 0.269 e. The van der Waals surface area contributed by atoms with Crippen LogP contribution in [0.5, 0.6) is 0 Å². The molecule has 0 amide bonds. The molecular formula is C17H28N2. The highest BCUT2D eigenvalue weighted by Gasteiger charge is 2.39. The Hall–Kier alpha value is -0.620. The molecule has 2 bridgehead atoms. The van der Waals surface area contributed by atoms with Gasteiger partial charge in [0.2, 0.25) is 0 Å². The van der Waals surface area contributed by atoms with E-state index in [2.05, 4.69) is 4.79 Å². The van der Waals surface area contributed by atoms with E-state index in [0.717, 1.165) is 42.2 Å². The molecule has 0 aromatic carbocycles. The fourth-order valence-corrected chi connectivity index (χ4v) is 5.00. The lowest BCUT2D eigenvalue weighted by molar-refractivity contribution is -0.0139. The van der Waals surface area contributed by atoms with Gasteiger partial charge in [0.1, 0.15) is 0 Å². The van der Waals surface area contributed by atoms with Crippen molar-refractivity contribution in [1.29, 1.82) is 0 Å². The molecule has 3 unspecified atom stereocenters. The molecule has 3 rings (SSSR count). The minimum atomic E-state index is 0.805. The summed E-state index contributed by atoms with van der Waals surface area (Å²) in [5.74, 6) is 3.81. The third-order valence-corrected chi connectivity index (χ3v) is 6.08. The molecule has 2 heteroatoms. The fourth-order valence-electron chi connectivity index (χ4n) is 5.00. The molecule has 0 aliphatic heterocycles. The van der Waals surface area contributed by atoms with Crippen molar-refractivity contribution in [1.82, 2.24) is 0 Å². The Morgan fingerprint density at radius 2 is 1.84 bits per heavy atom. The molecule has 0 radical (unpaired) electrons. The Bertz CT molecular complexity index is 350. The summed E-state index contributed by atoms with van der Waals surface area (Å²) in [7, 11) is 0. The van der Waals surface area contributed by atoms with Gasteiger partial charge in [0.05, 0.1) is 0 Å². The molecule has 3 aliphatic carbocycles. The summed E-state index contributed by atoms with van der Waals surface area (Å²) in [6, 6.07) is 0. The molecule has 0 N–H and O–H groups in total. The number of rotatable bonds is 5. The minimum absolute atomic E-state index is 0.805. The monoisotopic (exact) mass is 260 g/mol. The first-order chi connectivity index (χ1) is 9.35. The summed E-state index contributed by atoms with van der Waals surface area (Å²) in [6.07, 6.45) is 16.2. The van der Waals surface area contributed by atoms with Gasteiger partial charge < -0.3 is 5.53 Å². The number of nitrogens with zero attached hydrogens (tertiary/aromatic N) is 2. The van der Waals surface area contributed by atoms with Crippen LogP contribution in [-0.4, -0.2) is 10.5 Å².